The number of carboxylic acid groups (broad SMARTS) is 1. The van der Waals surface area contributed by atoms with E-state index in [1.54, 1.807) is 6.92 Å². The predicted molar refractivity (Wildman–Crippen MR) is 148 cm³/mol. The Hall–Kier alpha value is -4.99. The number of aromatic hydroxyl groups is 1. The Morgan fingerprint density at radius 1 is 0.976 bits per heavy atom. The topological polar surface area (TPSA) is 148 Å². The number of aromatic carboxylic acids is 1. The van der Waals surface area contributed by atoms with Crippen LogP contribution < -0.4 is 14.4 Å². The minimum Gasteiger partial charge on any atom is -0.508 e. The van der Waals surface area contributed by atoms with Gasteiger partial charge in [0.15, 0.2) is 11.6 Å². The standard InChI is InChI=1S/C32H27NO9/c1-14-9-22(35)21-13-20-18(26(27(21)29(14)36)28-23(41-2)11-17(34)12-24(28)42-3)7-8-19-25(20)31(38)33(30(19)37)16-6-4-5-15(10-16)32(39)40/h4-7,9-12,19-20,25-26,34H,8,13H2,1-3H3,(H,39,40). The number of Topliss-reactive ketones (excluding diaryl/α,β-unsaturated/α-hetero) is 1. The van der Waals surface area contributed by atoms with Gasteiger partial charge >= 0.3 is 5.97 Å². The Balaban J connectivity index is 1.53. The molecule has 10 heteroatoms. The smallest absolute Gasteiger partial charge is 0.335 e. The molecule has 1 saturated heterocycles. The number of anilines is 1. The molecule has 1 heterocycles. The van der Waals surface area contributed by atoms with Gasteiger partial charge in [-0.3, -0.25) is 24.1 Å². The van der Waals surface area contributed by atoms with Crippen molar-refractivity contribution in [1.29, 1.82) is 0 Å². The summed E-state index contributed by atoms with van der Waals surface area (Å²) in [5.41, 5.74) is 2.04. The highest BCUT2D eigenvalue weighted by molar-refractivity contribution is 6.25. The molecule has 42 heavy (non-hydrogen) atoms. The first-order valence-electron chi connectivity index (χ1n) is 13.4. The first-order chi connectivity index (χ1) is 20.1. The lowest BCUT2D eigenvalue weighted by molar-refractivity contribution is -0.123. The molecular weight excluding hydrogens is 542 g/mol. The summed E-state index contributed by atoms with van der Waals surface area (Å²) in [7, 11) is 2.83. The van der Waals surface area contributed by atoms with E-state index in [9.17, 15) is 34.2 Å². The first kappa shape index (κ1) is 27.2. The molecule has 10 nitrogen and oxygen atoms in total. The van der Waals surface area contributed by atoms with Crippen molar-refractivity contribution >= 4 is 35.0 Å². The molecule has 4 atom stereocenters. The molecule has 1 fully saturated rings. The zero-order valence-electron chi connectivity index (χ0n) is 23.0. The number of ketones is 2. The van der Waals surface area contributed by atoms with Crippen LogP contribution in [0.3, 0.4) is 0 Å². The monoisotopic (exact) mass is 569 g/mol. The highest BCUT2D eigenvalue weighted by Crippen LogP contribution is 2.58. The van der Waals surface area contributed by atoms with E-state index in [2.05, 4.69) is 0 Å². The number of carbonyl (C=O) groups excluding carboxylic acids is 4. The molecule has 4 unspecified atom stereocenters. The van der Waals surface area contributed by atoms with Crippen molar-refractivity contribution in [3.8, 4) is 17.2 Å². The quantitative estimate of drug-likeness (QED) is 0.312. The van der Waals surface area contributed by atoms with Gasteiger partial charge in [-0.2, -0.15) is 0 Å². The molecule has 0 bridgehead atoms. The van der Waals surface area contributed by atoms with Gasteiger partial charge in [-0.25, -0.2) is 4.79 Å². The van der Waals surface area contributed by atoms with Gasteiger partial charge in [0.1, 0.15) is 17.2 Å². The molecule has 2 N–H and O–H groups in total. The number of allylic oxidation sites excluding steroid dienone is 6. The average molecular weight is 570 g/mol. The third kappa shape index (κ3) is 3.89. The summed E-state index contributed by atoms with van der Waals surface area (Å²) in [6.45, 7) is 1.58. The minimum absolute atomic E-state index is 0.0608. The number of methoxy groups -OCH3 is 2. The normalized spacial score (nSPS) is 25.0. The van der Waals surface area contributed by atoms with Crippen molar-refractivity contribution in [3.05, 3.63) is 82.0 Å². The maximum absolute atomic E-state index is 14.0. The fourth-order valence-corrected chi connectivity index (χ4v) is 6.93. The number of fused-ring (bicyclic) bond motifs is 3. The second kappa shape index (κ2) is 9.83. The number of carbonyl (C=O) groups is 5. The molecule has 2 aromatic carbocycles. The average Bonchev–Trinajstić information content (AvgIpc) is 3.23. The van der Waals surface area contributed by atoms with E-state index in [4.69, 9.17) is 9.47 Å². The van der Waals surface area contributed by atoms with Crippen LogP contribution in [-0.2, 0) is 19.2 Å². The van der Waals surface area contributed by atoms with E-state index in [0.29, 0.717) is 11.1 Å². The van der Waals surface area contributed by atoms with E-state index >= 15 is 0 Å². The second-order valence-electron chi connectivity index (χ2n) is 10.9. The zero-order chi connectivity index (χ0) is 30.0. The number of rotatable bonds is 5. The lowest BCUT2D eigenvalue weighted by atomic mass is 9.59. The van der Waals surface area contributed by atoms with Gasteiger partial charge in [0, 0.05) is 40.3 Å². The number of phenols is 1. The second-order valence-corrected chi connectivity index (χ2v) is 10.9. The summed E-state index contributed by atoms with van der Waals surface area (Å²) in [4.78, 5) is 67.4. The summed E-state index contributed by atoms with van der Waals surface area (Å²) >= 11 is 0. The number of phenolic OH excluding ortho intramolecular Hbond substituents is 1. The summed E-state index contributed by atoms with van der Waals surface area (Å²) in [5.74, 6) is -5.43. The molecule has 6 rings (SSSR count). The minimum atomic E-state index is -1.19. The fourth-order valence-electron chi connectivity index (χ4n) is 6.93. The number of imide groups is 1. The van der Waals surface area contributed by atoms with Crippen molar-refractivity contribution < 1.29 is 43.7 Å². The number of nitrogens with zero attached hydrogens (tertiary/aromatic N) is 1. The predicted octanol–water partition coefficient (Wildman–Crippen LogP) is 3.74. The van der Waals surface area contributed by atoms with E-state index in [-0.39, 0.29) is 69.6 Å². The molecule has 214 valence electrons. The maximum Gasteiger partial charge on any atom is 0.335 e. The van der Waals surface area contributed by atoms with Gasteiger partial charge in [0.05, 0.1) is 37.3 Å². The molecule has 2 amide bonds. The Kier molecular flexibility index (Phi) is 6.36. The molecule has 0 saturated carbocycles. The molecule has 1 aliphatic heterocycles. The van der Waals surface area contributed by atoms with Crippen LogP contribution in [0.5, 0.6) is 17.2 Å². The third-order valence-corrected chi connectivity index (χ3v) is 8.73. The van der Waals surface area contributed by atoms with Crippen LogP contribution in [0, 0.1) is 17.8 Å². The highest BCUT2D eigenvalue weighted by Gasteiger charge is 2.57. The van der Waals surface area contributed by atoms with E-state index in [0.717, 1.165) is 4.90 Å². The lowest BCUT2D eigenvalue weighted by Gasteiger charge is -2.42. The van der Waals surface area contributed by atoms with Crippen LogP contribution in [-0.4, -0.2) is 53.8 Å². The van der Waals surface area contributed by atoms with E-state index < -0.39 is 41.5 Å². The highest BCUT2D eigenvalue weighted by atomic mass is 16.5. The van der Waals surface area contributed by atoms with Gasteiger partial charge in [-0.05, 0) is 50.0 Å². The number of carboxylic acids is 1. The summed E-state index contributed by atoms with van der Waals surface area (Å²) < 4.78 is 11.2. The van der Waals surface area contributed by atoms with Crippen LogP contribution >= 0.6 is 0 Å². The SMILES string of the molecule is COc1cc(O)cc(OC)c1C1C2=CCC3C(=O)N(c4cccc(C(=O)O)c4)C(=O)C3C2CC2=C1C(=O)C(C)=CC2=O. The third-order valence-electron chi connectivity index (χ3n) is 8.73. The molecule has 2 aromatic rings. The molecular formula is C32H27NO9. The number of amides is 2. The van der Waals surface area contributed by atoms with Crippen molar-refractivity contribution in [2.24, 2.45) is 17.8 Å². The van der Waals surface area contributed by atoms with Crippen molar-refractivity contribution in [3.63, 3.8) is 0 Å². The van der Waals surface area contributed by atoms with Crippen LogP contribution in [0.25, 0.3) is 0 Å². The summed E-state index contributed by atoms with van der Waals surface area (Å²) in [6.07, 6.45) is 3.44. The van der Waals surface area contributed by atoms with Crippen LogP contribution in [0.4, 0.5) is 5.69 Å². The molecule has 3 aliphatic carbocycles. The molecule has 0 radical (unpaired) electrons. The molecule has 4 aliphatic rings. The fraction of sp³-hybridized carbons (Fsp3) is 0.281. The number of hydrogen-bond acceptors (Lipinski definition) is 8. The largest absolute Gasteiger partial charge is 0.508 e. The van der Waals surface area contributed by atoms with Crippen molar-refractivity contribution in [1.82, 2.24) is 0 Å². The summed E-state index contributed by atoms with van der Waals surface area (Å²) in [5, 5.41) is 19.8. The van der Waals surface area contributed by atoms with Crippen LogP contribution in [0.2, 0.25) is 0 Å². The Morgan fingerprint density at radius 2 is 1.67 bits per heavy atom. The van der Waals surface area contributed by atoms with Gasteiger partial charge in [-0.15, -0.1) is 0 Å². The summed E-state index contributed by atoms with van der Waals surface area (Å²) in [6, 6.07) is 8.45. The maximum atomic E-state index is 14.0. The molecule has 0 aromatic heterocycles. The Bertz CT molecular complexity index is 1690. The van der Waals surface area contributed by atoms with Crippen LogP contribution in [0.15, 0.2) is 70.8 Å². The van der Waals surface area contributed by atoms with E-state index in [1.807, 2.05) is 6.08 Å². The lowest BCUT2D eigenvalue weighted by Crippen LogP contribution is -2.40. The van der Waals surface area contributed by atoms with Crippen LogP contribution in [0.1, 0.15) is 41.6 Å². The van der Waals surface area contributed by atoms with Crippen molar-refractivity contribution in [2.75, 3.05) is 19.1 Å². The van der Waals surface area contributed by atoms with Gasteiger partial charge in [-0.1, -0.05) is 17.7 Å². The Morgan fingerprint density at radius 3 is 2.31 bits per heavy atom. The zero-order valence-corrected chi connectivity index (χ0v) is 23.0. The number of hydrogen-bond donors (Lipinski definition) is 2. The first-order valence-corrected chi connectivity index (χ1v) is 13.4. The van der Waals surface area contributed by atoms with E-state index in [1.165, 1.54) is 56.7 Å². The van der Waals surface area contributed by atoms with Gasteiger partial charge < -0.3 is 19.7 Å². The molecule has 0 spiro atoms. The number of ether oxygens (including phenoxy) is 2. The number of benzene rings is 2. The Labute approximate surface area is 240 Å². The van der Waals surface area contributed by atoms with Gasteiger partial charge in [0.25, 0.3) is 0 Å². The van der Waals surface area contributed by atoms with Gasteiger partial charge in [0.2, 0.25) is 11.8 Å². The van der Waals surface area contributed by atoms with Crippen molar-refractivity contribution in [2.45, 2.75) is 25.7 Å².